The van der Waals surface area contributed by atoms with E-state index in [2.05, 4.69) is 24.3 Å². The highest BCUT2D eigenvalue weighted by molar-refractivity contribution is 5.85. The van der Waals surface area contributed by atoms with Gasteiger partial charge in [0.2, 0.25) is 0 Å². The summed E-state index contributed by atoms with van der Waals surface area (Å²) < 4.78 is 0. The number of hydrogen-bond acceptors (Lipinski definition) is 3. The van der Waals surface area contributed by atoms with Crippen LogP contribution in [0.5, 0.6) is 0 Å². The van der Waals surface area contributed by atoms with Gasteiger partial charge in [-0.3, -0.25) is 4.79 Å². The van der Waals surface area contributed by atoms with Gasteiger partial charge >= 0.3 is 5.97 Å². The summed E-state index contributed by atoms with van der Waals surface area (Å²) in [6, 6.07) is 14.1. The van der Waals surface area contributed by atoms with Gasteiger partial charge < -0.3 is 15.7 Å². The van der Waals surface area contributed by atoms with Crippen LogP contribution in [0.1, 0.15) is 12.5 Å². The van der Waals surface area contributed by atoms with Gasteiger partial charge in [-0.2, -0.15) is 0 Å². The molecule has 0 amide bonds. The summed E-state index contributed by atoms with van der Waals surface area (Å²) in [6.45, 7) is 2.89. The summed E-state index contributed by atoms with van der Waals surface area (Å²) in [5, 5.41) is 11.6. The molecule has 0 radical (unpaired) electrons. The number of aliphatic carboxylic acids is 1. The predicted octanol–water partition coefficient (Wildman–Crippen LogP) is 2.32. The van der Waals surface area contributed by atoms with Crippen molar-refractivity contribution in [1.82, 2.24) is 4.90 Å². The minimum atomic E-state index is -0.838. The van der Waals surface area contributed by atoms with E-state index in [-0.39, 0.29) is 6.04 Å². The van der Waals surface area contributed by atoms with E-state index in [9.17, 15) is 9.90 Å². The number of nitrogens with two attached hydrogens (primary N) is 1. The van der Waals surface area contributed by atoms with Crippen molar-refractivity contribution >= 4 is 16.7 Å². The van der Waals surface area contributed by atoms with Gasteiger partial charge in [0.25, 0.3) is 0 Å². The lowest BCUT2D eigenvalue weighted by molar-refractivity contribution is -0.142. The third kappa shape index (κ3) is 3.80. The highest BCUT2D eigenvalue weighted by Gasteiger charge is 2.23. The van der Waals surface area contributed by atoms with Crippen molar-refractivity contribution in [2.45, 2.75) is 19.5 Å². The van der Waals surface area contributed by atoms with Gasteiger partial charge in [0.05, 0.1) is 5.92 Å². The Morgan fingerprint density at radius 1 is 1.24 bits per heavy atom. The van der Waals surface area contributed by atoms with Crippen molar-refractivity contribution in [2.75, 3.05) is 13.6 Å². The maximum absolute atomic E-state index is 11.2. The summed E-state index contributed by atoms with van der Waals surface area (Å²) in [7, 11) is 1.93. The average molecular weight is 286 g/mol. The zero-order valence-electron chi connectivity index (χ0n) is 12.5. The molecule has 0 heterocycles. The number of fused-ring (bicyclic) bond motifs is 1. The Hall–Kier alpha value is -1.91. The third-order valence-electron chi connectivity index (χ3n) is 3.78. The van der Waals surface area contributed by atoms with Gasteiger partial charge in [0.15, 0.2) is 0 Å². The Kier molecular flexibility index (Phi) is 4.94. The summed E-state index contributed by atoms with van der Waals surface area (Å²) in [6.07, 6.45) is 0. The zero-order chi connectivity index (χ0) is 15.4. The number of nitrogens with zero attached hydrogens (tertiary/aromatic N) is 1. The van der Waals surface area contributed by atoms with E-state index in [1.54, 1.807) is 6.92 Å². The van der Waals surface area contributed by atoms with Gasteiger partial charge in [-0.15, -0.1) is 0 Å². The molecule has 0 spiro atoms. The zero-order valence-corrected chi connectivity index (χ0v) is 12.5. The fourth-order valence-electron chi connectivity index (χ4n) is 2.59. The molecule has 0 aliphatic rings. The quantitative estimate of drug-likeness (QED) is 0.855. The van der Waals surface area contributed by atoms with Gasteiger partial charge in [-0.1, -0.05) is 42.5 Å². The Bertz CT molecular complexity index is 620. The molecule has 2 aromatic rings. The highest BCUT2D eigenvalue weighted by Crippen LogP contribution is 2.20. The monoisotopic (exact) mass is 286 g/mol. The number of hydrogen-bond donors (Lipinski definition) is 2. The van der Waals surface area contributed by atoms with Crippen LogP contribution in [0, 0.1) is 5.92 Å². The topological polar surface area (TPSA) is 66.6 Å². The fraction of sp³-hybridized carbons (Fsp3) is 0.353. The van der Waals surface area contributed by atoms with Gasteiger partial charge in [-0.25, -0.2) is 0 Å². The number of carbonyl (C=O) groups is 1. The second-order valence-corrected chi connectivity index (χ2v) is 5.64. The first-order valence-electron chi connectivity index (χ1n) is 7.12. The molecular weight excluding hydrogens is 264 g/mol. The average Bonchev–Trinajstić information content (AvgIpc) is 2.44. The van der Waals surface area contributed by atoms with E-state index in [0.29, 0.717) is 13.1 Å². The number of benzene rings is 2. The van der Waals surface area contributed by atoms with Crippen molar-refractivity contribution in [3.63, 3.8) is 0 Å². The van der Waals surface area contributed by atoms with Crippen LogP contribution in [-0.2, 0) is 11.3 Å². The van der Waals surface area contributed by atoms with Gasteiger partial charge in [-0.05, 0) is 30.3 Å². The number of carboxylic acid groups (broad SMARTS) is 1. The normalized spacial score (nSPS) is 14.3. The molecule has 0 bridgehead atoms. The van der Waals surface area contributed by atoms with Gasteiger partial charge in [0, 0.05) is 19.1 Å². The summed E-state index contributed by atoms with van der Waals surface area (Å²) in [4.78, 5) is 13.3. The SMILES string of the molecule is CC(N)[C@@H](CN(C)Cc1cccc2ccccc12)C(=O)O. The van der Waals surface area contributed by atoms with E-state index in [4.69, 9.17) is 5.73 Å². The molecule has 0 saturated carbocycles. The molecule has 0 aliphatic carbocycles. The third-order valence-corrected chi connectivity index (χ3v) is 3.78. The van der Waals surface area contributed by atoms with Crippen LogP contribution in [0.2, 0.25) is 0 Å². The van der Waals surface area contributed by atoms with E-state index in [0.717, 1.165) is 0 Å². The fourth-order valence-corrected chi connectivity index (χ4v) is 2.59. The molecule has 0 saturated heterocycles. The first-order chi connectivity index (χ1) is 9.99. The maximum atomic E-state index is 11.2. The van der Waals surface area contributed by atoms with Crippen molar-refractivity contribution in [3.05, 3.63) is 48.0 Å². The van der Waals surface area contributed by atoms with Crippen molar-refractivity contribution in [1.29, 1.82) is 0 Å². The number of rotatable bonds is 6. The van der Waals surface area contributed by atoms with E-state index in [1.807, 2.05) is 30.1 Å². The van der Waals surface area contributed by atoms with Crippen LogP contribution in [0.25, 0.3) is 10.8 Å². The van der Waals surface area contributed by atoms with Crippen LogP contribution in [0.4, 0.5) is 0 Å². The summed E-state index contributed by atoms with van der Waals surface area (Å²) in [5.74, 6) is -1.39. The van der Waals surface area contributed by atoms with E-state index >= 15 is 0 Å². The van der Waals surface area contributed by atoms with Crippen LogP contribution < -0.4 is 5.73 Å². The molecule has 4 heteroatoms. The predicted molar refractivity (Wildman–Crippen MR) is 85.1 cm³/mol. The Morgan fingerprint density at radius 3 is 2.57 bits per heavy atom. The molecule has 4 nitrogen and oxygen atoms in total. The molecule has 0 fully saturated rings. The minimum Gasteiger partial charge on any atom is -0.481 e. The molecule has 112 valence electrons. The lowest BCUT2D eigenvalue weighted by Crippen LogP contribution is -2.40. The van der Waals surface area contributed by atoms with Crippen LogP contribution in [-0.4, -0.2) is 35.6 Å². The van der Waals surface area contributed by atoms with Gasteiger partial charge in [0.1, 0.15) is 0 Å². The molecule has 0 aromatic heterocycles. The molecule has 2 atom stereocenters. The van der Waals surface area contributed by atoms with Crippen LogP contribution >= 0.6 is 0 Å². The smallest absolute Gasteiger partial charge is 0.309 e. The molecule has 1 unspecified atom stereocenters. The second-order valence-electron chi connectivity index (χ2n) is 5.64. The van der Waals surface area contributed by atoms with Crippen LogP contribution in [0.3, 0.4) is 0 Å². The first-order valence-corrected chi connectivity index (χ1v) is 7.12. The largest absolute Gasteiger partial charge is 0.481 e. The molecule has 2 rings (SSSR count). The summed E-state index contributed by atoms with van der Waals surface area (Å²) in [5.41, 5.74) is 6.96. The minimum absolute atomic E-state index is 0.363. The van der Waals surface area contributed by atoms with E-state index in [1.165, 1.54) is 16.3 Å². The Morgan fingerprint density at radius 2 is 1.90 bits per heavy atom. The molecule has 21 heavy (non-hydrogen) atoms. The Labute approximate surface area is 125 Å². The molecule has 3 N–H and O–H groups in total. The Balaban J connectivity index is 2.14. The molecule has 0 aliphatic heterocycles. The maximum Gasteiger partial charge on any atom is 0.309 e. The highest BCUT2D eigenvalue weighted by atomic mass is 16.4. The first kappa shape index (κ1) is 15.5. The lowest BCUT2D eigenvalue weighted by atomic mass is 10.0. The van der Waals surface area contributed by atoms with Crippen molar-refractivity contribution in [3.8, 4) is 0 Å². The van der Waals surface area contributed by atoms with Crippen molar-refractivity contribution in [2.24, 2.45) is 11.7 Å². The lowest BCUT2D eigenvalue weighted by Gasteiger charge is -2.24. The van der Waals surface area contributed by atoms with Crippen LogP contribution in [0.15, 0.2) is 42.5 Å². The second kappa shape index (κ2) is 6.70. The molecular formula is C17H22N2O2. The summed E-state index contributed by atoms with van der Waals surface area (Å²) >= 11 is 0. The molecule has 2 aromatic carbocycles. The number of carboxylic acids is 1. The van der Waals surface area contributed by atoms with E-state index < -0.39 is 11.9 Å². The van der Waals surface area contributed by atoms with Crippen molar-refractivity contribution < 1.29 is 9.90 Å². The standard InChI is InChI=1S/C17H22N2O2/c1-12(18)16(17(20)21)11-19(2)10-14-8-5-7-13-6-3-4-9-15(13)14/h3-9,12,16H,10-11,18H2,1-2H3,(H,20,21)/t12?,16-/m1/s1.